The summed E-state index contributed by atoms with van der Waals surface area (Å²) in [5, 5.41) is 26.6. The Labute approximate surface area is 211 Å². The van der Waals surface area contributed by atoms with Gasteiger partial charge in [-0.1, -0.05) is 12.8 Å². The van der Waals surface area contributed by atoms with Gasteiger partial charge in [0.25, 0.3) is 0 Å². The Balaban J connectivity index is 1.39. The smallest absolute Gasteiger partial charge is 0.306 e. The third-order valence-electron chi connectivity index (χ3n) is 8.65. The van der Waals surface area contributed by atoms with Gasteiger partial charge < -0.3 is 15.5 Å². The molecule has 0 radical (unpaired) electrons. The van der Waals surface area contributed by atoms with Crippen molar-refractivity contribution in [2.45, 2.75) is 86.5 Å². The number of amides is 1. The highest BCUT2D eigenvalue weighted by Gasteiger charge is 2.45. The van der Waals surface area contributed by atoms with E-state index in [9.17, 15) is 19.8 Å². The summed E-state index contributed by atoms with van der Waals surface area (Å²) < 4.78 is 0. The molecular weight excluding hydrogens is 483 g/mol. The van der Waals surface area contributed by atoms with Crippen molar-refractivity contribution in [3.8, 4) is 0 Å². The van der Waals surface area contributed by atoms with Gasteiger partial charge in [-0.3, -0.25) is 14.9 Å². The molecule has 1 saturated heterocycles. The normalized spacial score (nSPS) is 44.3. The SMILES string of the molecule is O=C(O)C1CCCCC1C1CC(CO)CCC1C(=O)NC1NC(C2CCC(Cl)CC2Cl)CS1. The molecule has 188 valence electrons. The van der Waals surface area contributed by atoms with Gasteiger partial charge in [0.2, 0.25) is 5.91 Å². The number of nitrogens with one attached hydrogen (secondary N) is 2. The lowest BCUT2D eigenvalue weighted by Gasteiger charge is -2.43. The van der Waals surface area contributed by atoms with E-state index in [1.807, 2.05) is 0 Å². The molecule has 0 bridgehead atoms. The first kappa shape index (κ1) is 25.9. The number of halogens is 2. The lowest BCUT2D eigenvalue weighted by molar-refractivity contribution is -0.148. The maximum absolute atomic E-state index is 13.5. The molecule has 6 nitrogen and oxygen atoms in total. The Hall–Kier alpha value is -0.210. The molecule has 1 heterocycles. The van der Waals surface area contributed by atoms with E-state index in [2.05, 4.69) is 10.6 Å². The van der Waals surface area contributed by atoms with Crippen molar-refractivity contribution in [1.82, 2.24) is 10.6 Å². The molecular formula is C24H38Cl2N2O4S. The minimum absolute atomic E-state index is 0.0148. The van der Waals surface area contributed by atoms with E-state index in [1.165, 1.54) is 0 Å². The monoisotopic (exact) mass is 520 g/mol. The third kappa shape index (κ3) is 6.14. The standard InChI is InChI=1S/C24H38Cl2N2O4S/c25-14-6-8-18(20(26)10-14)21-12-33-24(27-21)28-22(30)16-7-5-13(11-29)9-19(16)15-3-1-2-4-17(15)23(31)32/h13-21,24,27,29H,1-12H2,(H,28,30)(H,31,32). The molecule has 4 fully saturated rings. The molecule has 10 atom stereocenters. The number of carbonyl (C=O) groups excluding carboxylic acids is 1. The zero-order chi connectivity index (χ0) is 23.5. The van der Waals surface area contributed by atoms with Crippen molar-refractivity contribution in [2.75, 3.05) is 12.4 Å². The van der Waals surface area contributed by atoms with Gasteiger partial charge in [0, 0.05) is 35.1 Å². The number of thioether (sulfide) groups is 1. The number of rotatable bonds is 6. The Kier molecular flexibility index (Phi) is 9.16. The largest absolute Gasteiger partial charge is 0.481 e. The molecule has 10 unspecified atom stereocenters. The molecule has 4 aliphatic rings. The van der Waals surface area contributed by atoms with Crippen LogP contribution in [0.5, 0.6) is 0 Å². The van der Waals surface area contributed by atoms with Crippen LogP contribution in [0.2, 0.25) is 0 Å². The fourth-order valence-corrected chi connectivity index (χ4v) is 8.98. The highest BCUT2D eigenvalue weighted by molar-refractivity contribution is 8.00. The highest BCUT2D eigenvalue weighted by atomic mass is 35.5. The van der Waals surface area contributed by atoms with Crippen LogP contribution in [0, 0.1) is 35.5 Å². The molecule has 4 N–H and O–H groups in total. The molecule has 1 amide bonds. The summed E-state index contributed by atoms with van der Waals surface area (Å²) in [6.45, 7) is 0.112. The number of carboxylic acid groups (broad SMARTS) is 1. The van der Waals surface area contributed by atoms with Crippen LogP contribution in [0.3, 0.4) is 0 Å². The lowest BCUT2D eigenvalue weighted by atomic mass is 9.62. The highest BCUT2D eigenvalue weighted by Crippen LogP contribution is 2.46. The second-order valence-corrected chi connectivity index (χ2v) is 12.9. The van der Waals surface area contributed by atoms with Crippen LogP contribution >= 0.6 is 35.0 Å². The number of aliphatic hydroxyl groups excluding tert-OH is 1. The molecule has 0 spiro atoms. The van der Waals surface area contributed by atoms with E-state index in [-0.39, 0.29) is 64.4 Å². The van der Waals surface area contributed by atoms with Gasteiger partial charge >= 0.3 is 5.97 Å². The lowest BCUT2D eigenvalue weighted by Crippen LogP contribution is -2.51. The van der Waals surface area contributed by atoms with E-state index in [0.29, 0.717) is 12.3 Å². The summed E-state index contributed by atoms with van der Waals surface area (Å²) in [6.07, 6.45) is 8.62. The second kappa shape index (κ2) is 11.7. The van der Waals surface area contributed by atoms with E-state index in [0.717, 1.165) is 63.5 Å². The zero-order valence-corrected chi connectivity index (χ0v) is 21.5. The van der Waals surface area contributed by atoms with Gasteiger partial charge in [0.05, 0.1) is 5.92 Å². The maximum atomic E-state index is 13.5. The number of aliphatic hydroxyl groups is 1. The van der Waals surface area contributed by atoms with E-state index < -0.39 is 5.97 Å². The second-order valence-electron chi connectivity index (χ2n) is 10.6. The van der Waals surface area contributed by atoms with Gasteiger partial charge in [-0.05, 0) is 75.0 Å². The summed E-state index contributed by atoms with van der Waals surface area (Å²) >= 11 is 14.6. The van der Waals surface area contributed by atoms with Crippen LogP contribution in [0.25, 0.3) is 0 Å². The Morgan fingerprint density at radius 2 is 1.73 bits per heavy atom. The summed E-state index contributed by atoms with van der Waals surface area (Å²) in [6, 6.07) is 0.266. The van der Waals surface area contributed by atoms with Crippen molar-refractivity contribution < 1.29 is 19.8 Å². The third-order valence-corrected chi connectivity index (χ3v) is 10.7. The van der Waals surface area contributed by atoms with Crippen molar-refractivity contribution in [3.05, 3.63) is 0 Å². The molecule has 4 rings (SSSR count). The molecule has 1 aliphatic heterocycles. The topological polar surface area (TPSA) is 98.7 Å². The fourth-order valence-electron chi connectivity index (χ4n) is 6.84. The summed E-state index contributed by atoms with van der Waals surface area (Å²) in [4.78, 5) is 25.4. The Bertz CT molecular complexity index is 701. The van der Waals surface area contributed by atoms with E-state index >= 15 is 0 Å². The maximum Gasteiger partial charge on any atom is 0.306 e. The van der Waals surface area contributed by atoms with Gasteiger partial charge in [-0.25, -0.2) is 0 Å². The first-order valence-corrected chi connectivity index (χ1v) is 14.6. The van der Waals surface area contributed by atoms with Crippen LogP contribution in [-0.4, -0.2) is 56.7 Å². The average Bonchev–Trinajstić information content (AvgIpc) is 3.26. The quantitative estimate of drug-likeness (QED) is 0.394. The Morgan fingerprint density at radius 1 is 0.939 bits per heavy atom. The van der Waals surface area contributed by atoms with E-state index in [1.54, 1.807) is 11.8 Å². The number of aliphatic carboxylic acids is 1. The molecule has 0 aromatic rings. The predicted molar refractivity (Wildman–Crippen MR) is 132 cm³/mol. The number of carboxylic acids is 1. The number of alkyl halides is 2. The van der Waals surface area contributed by atoms with Crippen LogP contribution in [0.15, 0.2) is 0 Å². The molecule has 3 aliphatic carbocycles. The molecule has 3 saturated carbocycles. The molecule has 0 aromatic heterocycles. The number of carbonyl (C=O) groups is 2. The average molecular weight is 522 g/mol. The van der Waals surface area contributed by atoms with Crippen LogP contribution < -0.4 is 10.6 Å². The Morgan fingerprint density at radius 3 is 2.45 bits per heavy atom. The number of hydrogen-bond acceptors (Lipinski definition) is 5. The fraction of sp³-hybridized carbons (Fsp3) is 0.917. The van der Waals surface area contributed by atoms with Crippen molar-refractivity contribution in [3.63, 3.8) is 0 Å². The van der Waals surface area contributed by atoms with Crippen molar-refractivity contribution >= 4 is 46.8 Å². The van der Waals surface area contributed by atoms with Crippen molar-refractivity contribution in [2.24, 2.45) is 35.5 Å². The van der Waals surface area contributed by atoms with Crippen LogP contribution in [0.1, 0.15) is 64.2 Å². The van der Waals surface area contributed by atoms with Crippen LogP contribution in [-0.2, 0) is 9.59 Å². The molecule has 9 heteroatoms. The van der Waals surface area contributed by atoms with E-state index in [4.69, 9.17) is 23.2 Å². The van der Waals surface area contributed by atoms with Gasteiger partial charge in [0.1, 0.15) is 5.50 Å². The summed E-state index contributed by atoms with van der Waals surface area (Å²) in [5.41, 5.74) is -0.141. The molecule has 33 heavy (non-hydrogen) atoms. The van der Waals surface area contributed by atoms with Crippen molar-refractivity contribution in [1.29, 1.82) is 0 Å². The van der Waals surface area contributed by atoms with Crippen LogP contribution in [0.4, 0.5) is 0 Å². The summed E-state index contributed by atoms with van der Waals surface area (Å²) in [7, 11) is 0. The van der Waals surface area contributed by atoms with Gasteiger partial charge in [-0.2, -0.15) is 0 Å². The van der Waals surface area contributed by atoms with Gasteiger partial charge in [0.15, 0.2) is 0 Å². The predicted octanol–water partition coefficient (Wildman–Crippen LogP) is 4.02. The molecule has 0 aromatic carbocycles. The first-order valence-electron chi connectivity index (χ1n) is 12.7. The summed E-state index contributed by atoms with van der Waals surface area (Å²) in [5.74, 6) is 0.206. The minimum atomic E-state index is -0.733. The minimum Gasteiger partial charge on any atom is -0.481 e. The zero-order valence-electron chi connectivity index (χ0n) is 19.1. The van der Waals surface area contributed by atoms with Gasteiger partial charge in [-0.15, -0.1) is 35.0 Å². The first-order chi connectivity index (χ1) is 15.9. The number of hydrogen-bond donors (Lipinski definition) is 4.